The lowest BCUT2D eigenvalue weighted by atomic mass is 9.93. The van der Waals surface area contributed by atoms with E-state index in [-0.39, 0.29) is 18.4 Å². The van der Waals surface area contributed by atoms with Crippen LogP contribution in [0.3, 0.4) is 0 Å². The number of benzene rings is 2. The van der Waals surface area contributed by atoms with E-state index in [1.807, 2.05) is 99.5 Å². The molecule has 2 atom stereocenters. The summed E-state index contributed by atoms with van der Waals surface area (Å²) < 4.78 is 11.5. The third-order valence-corrected chi connectivity index (χ3v) is 6.96. The molecule has 194 valence electrons. The summed E-state index contributed by atoms with van der Waals surface area (Å²) in [5, 5.41) is 5.72. The van der Waals surface area contributed by atoms with Crippen molar-refractivity contribution in [3.05, 3.63) is 88.1 Å². The predicted octanol–water partition coefficient (Wildman–Crippen LogP) is 5.88. The number of para-hydroxylation sites is 1. The molecule has 0 bridgehead atoms. The van der Waals surface area contributed by atoms with Gasteiger partial charge in [0, 0.05) is 11.3 Å². The number of carbonyl (C=O) groups is 2. The van der Waals surface area contributed by atoms with Crippen LogP contribution < -0.4 is 10.1 Å². The highest BCUT2D eigenvalue weighted by atomic mass is 32.2. The number of allylic oxidation sites excluding steroid dienone is 1. The molecule has 7 nitrogen and oxygen atoms in total. The van der Waals surface area contributed by atoms with Gasteiger partial charge in [-0.05, 0) is 51.7 Å². The van der Waals surface area contributed by atoms with Crippen LogP contribution in [0.5, 0.6) is 5.75 Å². The van der Waals surface area contributed by atoms with Gasteiger partial charge >= 0.3 is 5.97 Å². The summed E-state index contributed by atoms with van der Waals surface area (Å²) in [6.07, 6.45) is 0.134. The van der Waals surface area contributed by atoms with Gasteiger partial charge in [-0.1, -0.05) is 60.3 Å². The number of ether oxygens (including phenoxy) is 2. The number of hydrogen-bond acceptors (Lipinski definition) is 7. The van der Waals surface area contributed by atoms with Crippen molar-refractivity contribution >= 4 is 28.8 Å². The van der Waals surface area contributed by atoms with E-state index >= 15 is 0 Å². The Labute approximate surface area is 222 Å². The highest BCUT2D eigenvalue weighted by Crippen LogP contribution is 2.47. The third kappa shape index (κ3) is 5.91. The lowest BCUT2D eigenvalue weighted by Crippen LogP contribution is -2.39. The van der Waals surface area contributed by atoms with Crippen molar-refractivity contribution in [2.75, 3.05) is 7.11 Å². The molecule has 0 saturated carbocycles. The molecule has 0 radical (unpaired) electrons. The quantitative estimate of drug-likeness (QED) is 0.460. The van der Waals surface area contributed by atoms with Crippen LogP contribution in [0.15, 0.2) is 82.0 Å². The Hall–Kier alpha value is -3.52. The van der Waals surface area contributed by atoms with Crippen molar-refractivity contribution in [2.24, 2.45) is 4.99 Å². The molecule has 1 N–H and O–H groups in total. The largest absolute Gasteiger partial charge is 0.496 e. The first kappa shape index (κ1) is 26.5. The number of nitrogens with one attached hydrogen (secondary N) is 1. The van der Waals surface area contributed by atoms with Crippen LogP contribution in [0, 0.1) is 0 Å². The van der Waals surface area contributed by atoms with E-state index in [1.54, 1.807) is 7.11 Å². The fraction of sp³-hybridized carbons (Fsp3) is 0.345. The second kappa shape index (κ2) is 10.8. The number of esters is 1. The molecule has 0 aromatic heterocycles. The number of fused-ring (bicyclic) bond motifs is 1. The highest BCUT2D eigenvalue weighted by Gasteiger charge is 2.43. The summed E-state index contributed by atoms with van der Waals surface area (Å²) >= 11 is 1.44. The maximum atomic E-state index is 13.5. The van der Waals surface area contributed by atoms with Gasteiger partial charge in [-0.25, -0.2) is 9.79 Å². The Morgan fingerprint density at radius 3 is 2.46 bits per heavy atom. The van der Waals surface area contributed by atoms with Gasteiger partial charge in [0.2, 0.25) is 5.91 Å². The molecule has 0 unspecified atom stereocenters. The van der Waals surface area contributed by atoms with E-state index in [1.165, 1.54) is 11.8 Å². The van der Waals surface area contributed by atoms with E-state index in [9.17, 15) is 9.59 Å². The molecule has 0 saturated heterocycles. The van der Waals surface area contributed by atoms with Crippen molar-refractivity contribution in [3.63, 3.8) is 0 Å². The van der Waals surface area contributed by atoms with Crippen molar-refractivity contribution in [2.45, 2.75) is 58.7 Å². The molecule has 0 fully saturated rings. The zero-order valence-corrected chi connectivity index (χ0v) is 22.9. The summed E-state index contributed by atoms with van der Waals surface area (Å²) in [7, 11) is 1.61. The van der Waals surface area contributed by atoms with Gasteiger partial charge in [-0.3, -0.25) is 4.79 Å². The van der Waals surface area contributed by atoms with Crippen molar-refractivity contribution < 1.29 is 19.1 Å². The molecule has 8 heteroatoms. The van der Waals surface area contributed by atoms with E-state index in [4.69, 9.17) is 14.5 Å². The Morgan fingerprint density at radius 1 is 1.11 bits per heavy atom. The summed E-state index contributed by atoms with van der Waals surface area (Å²) in [6.45, 7) is 9.30. The average molecular weight is 520 g/mol. The molecule has 0 spiro atoms. The van der Waals surface area contributed by atoms with E-state index in [0.717, 1.165) is 16.8 Å². The van der Waals surface area contributed by atoms with E-state index in [0.29, 0.717) is 22.2 Å². The van der Waals surface area contributed by atoms with Crippen LogP contribution in [-0.4, -0.2) is 34.7 Å². The van der Waals surface area contributed by atoms with Gasteiger partial charge in [-0.15, -0.1) is 0 Å². The van der Waals surface area contributed by atoms with Gasteiger partial charge in [0.15, 0.2) is 5.17 Å². The summed E-state index contributed by atoms with van der Waals surface area (Å²) in [6, 6.07) is 16.7. The molecule has 2 aromatic carbocycles. The molecule has 37 heavy (non-hydrogen) atoms. The highest BCUT2D eigenvalue weighted by molar-refractivity contribution is 8.16. The van der Waals surface area contributed by atoms with Crippen LogP contribution in [0.2, 0.25) is 0 Å². The minimum absolute atomic E-state index is 0.117. The van der Waals surface area contributed by atoms with E-state index < -0.39 is 17.6 Å². The normalized spacial score (nSPS) is 18.0. The molecule has 4 rings (SSSR count). The van der Waals surface area contributed by atoms with Crippen LogP contribution in [0.1, 0.15) is 64.3 Å². The number of carbonyl (C=O) groups excluding carboxylic acids is 2. The first-order chi connectivity index (χ1) is 17.6. The summed E-state index contributed by atoms with van der Waals surface area (Å²) in [5.74, 6) is 0.0800. The lowest BCUT2D eigenvalue weighted by Gasteiger charge is -2.37. The second-order valence-corrected chi connectivity index (χ2v) is 10.9. The second-order valence-electron chi connectivity index (χ2n) is 10.0. The lowest BCUT2D eigenvalue weighted by molar-refractivity contribution is -0.150. The fourth-order valence-electron chi connectivity index (χ4n) is 4.43. The number of methoxy groups -OCH3 is 1. The third-order valence-electron chi connectivity index (χ3n) is 6.07. The van der Waals surface area contributed by atoms with Crippen molar-refractivity contribution in [1.82, 2.24) is 10.2 Å². The number of thioether (sulfide) groups is 1. The minimum atomic E-state index is -0.675. The molecule has 2 heterocycles. The van der Waals surface area contributed by atoms with Gasteiger partial charge in [0.05, 0.1) is 36.9 Å². The van der Waals surface area contributed by atoms with Gasteiger partial charge in [-0.2, -0.15) is 0 Å². The molecule has 0 aliphatic carbocycles. The zero-order chi connectivity index (χ0) is 26.7. The fourth-order valence-corrected chi connectivity index (χ4v) is 5.40. The van der Waals surface area contributed by atoms with E-state index in [2.05, 4.69) is 5.32 Å². The Kier molecular flexibility index (Phi) is 7.78. The number of hydrogen-bond donors (Lipinski definition) is 1. The summed E-state index contributed by atoms with van der Waals surface area (Å²) in [5.41, 5.74) is 2.92. The monoisotopic (exact) mass is 519 g/mol. The minimum Gasteiger partial charge on any atom is -0.496 e. The standard InChI is InChI=1S/C29H33N3O4S/c1-18(20-12-8-7-9-13-20)30-24(33)16-21-17-37-28-31-19(2)25(27(34)36-29(3,4)5)26(32(21)28)22-14-10-11-15-23(22)35-6/h7-15,17-18,26H,16H2,1-6H3,(H,30,33)/t18-,26+/m1/s1. The van der Waals surface area contributed by atoms with Gasteiger partial charge in [0.25, 0.3) is 0 Å². The number of amidine groups is 1. The Balaban J connectivity index is 1.68. The zero-order valence-electron chi connectivity index (χ0n) is 22.1. The first-order valence-corrected chi connectivity index (χ1v) is 13.1. The molecule has 2 aliphatic heterocycles. The molecule has 2 aromatic rings. The van der Waals surface area contributed by atoms with Gasteiger partial charge in [0.1, 0.15) is 11.4 Å². The summed E-state index contributed by atoms with van der Waals surface area (Å²) in [4.78, 5) is 33.3. The Morgan fingerprint density at radius 2 is 1.78 bits per heavy atom. The van der Waals surface area contributed by atoms with Crippen molar-refractivity contribution in [1.29, 1.82) is 0 Å². The average Bonchev–Trinajstić information content (AvgIpc) is 3.24. The number of rotatable bonds is 7. The molecular formula is C29H33N3O4S. The number of amides is 1. The number of nitrogens with zero attached hydrogens (tertiary/aromatic N) is 2. The van der Waals surface area contributed by atoms with Crippen LogP contribution in [0.4, 0.5) is 0 Å². The molecule has 1 amide bonds. The number of aliphatic imine (C=N–C) groups is 1. The predicted molar refractivity (Wildman–Crippen MR) is 147 cm³/mol. The molecular weight excluding hydrogens is 486 g/mol. The maximum Gasteiger partial charge on any atom is 0.338 e. The Bertz CT molecular complexity index is 1280. The SMILES string of the molecule is COc1ccccc1[C@H]1C(C(=O)OC(C)(C)C)=C(C)N=C2SC=C(CC(=O)N[C@H](C)c3ccccc3)N21. The van der Waals surface area contributed by atoms with Crippen molar-refractivity contribution in [3.8, 4) is 5.75 Å². The van der Waals surface area contributed by atoms with Crippen LogP contribution in [-0.2, 0) is 14.3 Å². The topological polar surface area (TPSA) is 80.2 Å². The first-order valence-electron chi connectivity index (χ1n) is 12.2. The van der Waals surface area contributed by atoms with Crippen LogP contribution in [0.25, 0.3) is 0 Å². The molecule has 2 aliphatic rings. The van der Waals surface area contributed by atoms with Gasteiger partial charge < -0.3 is 19.7 Å². The maximum absolute atomic E-state index is 13.5. The van der Waals surface area contributed by atoms with Crippen LogP contribution >= 0.6 is 11.8 Å². The smallest absolute Gasteiger partial charge is 0.338 e.